The van der Waals surface area contributed by atoms with Crippen LogP contribution in [0.2, 0.25) is 0 Å². The molecule has 0 radical (unpaired) electrons. The van der Waals surface area contributed by atoms with Gasteiger partial charge in [0.1, 0.15) is 6.54 Å². The Morgan fingerprint density at radius 2 is 2.12 bits per heavy atom. The van der Waals surface area contributed by atoms with Crippen molar-refractivity contribution in [3.63, 3.8) is 0 Å². The van der Waals surface area contributed by atoms with Crippen molar-refractivity contribution in [3.05, 3.63) is 39.4 Å². The number of nitrogens with one attached hydrogen (secondary N) is 1. The average Bonchev–Trinajstić information content (AvgIpc) is 2.25. The number of nitro benzene ring substituents is 1. The lowest BCUT2D eigenvalue weighted by Crippen LogP contribution is -2.29. The quantitative estimate of drug-likeness (QED) is 0.593. The second-order valence-corrected chi connectivity index (χ2v) is 3.33. The smallest absolute Gasteiger partial charge is 0.322 e. The molecule has 7 nitrogen and oxygen atoms in total. The zero-order valence-electron chi connectivity index (χ0n) is 8.97. The first-order valence-corrected chi connectivity index (χ1v) is 4.67. The normalized spacial score (nSPS) is 9.71. The summed E-state index contributed by atoms with van der Waals surface area (Å²) in [6.45, 7) is 1.01. The summed E-state index contributed by atoms with van der Waals surface area (Å²) in [5.41, 5.74) is 0.451. The summed E-state index contributed by atoms with van der Waals surface area (Å²) >= 11 is 0. The maximum Gasteiger partial charge on any atom is 0.322 e. The third-order valence-corrected chi connectivity index (χ3v) is 2.06. The largest absolute Gasteiger partial charge is 0.480 e. The van der Waals surface area contributed by atoms with Crippen LogP contribution in [0.5, 0.6) is 0 Å². The van der Waals surface area contributed by atoms with Gasteiger partial charge in [0, 0.05) is 17.2 Å². The molecule has 0 spiro atoms. The summed E-state index contributed by atoms with van der Waals surface area (Å²) in [4.78, 5) is 31.7. The van der Waals surface area contributed by atoms with E-state index in [1.54, 1.807) is 0 Å². The molecule has 0 unspecified atom stereocenters. The number of benzene rings is 1. The highest BCUT2D eigenvalue weighted by molar-refractivity contribution is 5.96. The van der Waals surface area contributed by atoms with E-state index >= 15 is 0 Å². The highest BCUT2D eigenvalue weighted by Gasteiger charge is 2.13. The summed E-state index contributed by atoms with van der Waals surface area (Å²) in [5, 5.41) is 21.1. The van der Waals surface area contributed by atoms with Crippen LogP contribution in [-0.4, -0.2) is 28.5 Å². The first-order chi connectivity index (χ1) is 7.91. The van der Waals surface area contributed by atoms with Gasteiger partial charge in [0.15, 0.2) is 0 Å². The van der Waals surface area contributed by atoms with Crippen LogP contribution in [0, 0.1) is 17.0 Å². The molecule has 90 valence electrons. The number of nitro groups is 1. The maximum absolute atomic E-state index is 11.4. The molecular formula is C10H10N2O5. The first-order valence-electron chi connectivity index (χ1n) is 4.67. The van der Waals surface area contributed by atoms with Gasteiger partial charge >= 0.3 is 5.97 Å². The molecule has 1 aromatic carbocycles. The molecule has 0 aliphatic rings. The van der Waals surface area contributed by atoms with Gasteiger partial charge in [0.2, 0.25) is 0 Å². The molecule has 7 heteroatoms. The number of nitrogens with zero attached hydrogens (tertiary/aromatic N) is 1. The second kappa shape index (κ2) is 5.06. The highest BCUT2D eigenvalue weighted by atomic mass is 16.6. The number of hydrogen-bond acceptors (Lipinski definition) is 4. The molecule has 0 saturated heterocycles. The molecular weight excluding hydrogens is 228 g/mol. The molecule has 1 rings (SSSR count). The van der Waals surface area contributed by atoms with Crippen LogP contribution in [0.3, 0.4) is 0 Å². The fourth-order valence-corrected chi connectivity index (χ4v) is 1.26. The van der Waals surface area contributed by atoms with E-state index in [0.29, 0.717) is 5.56 Å². The monoisotopic (exact) mass is 238 g/mol. The summed E-state index contributed by atoms with van der Waals surface area (Å²) in [6.07, 6.45) is 0. The minimum atomic E-state index is -1.16. The van der Waals surface area contributed by atoms with Gasteiger partial charge in [-0.3, -0.25) is 19.7 Å². The average molecular weight is 238 g/mol. The zero-order valence-corrected chi connectivity index (χ0v) is 8.97. The second-order valence-electron chi connectivity index (χ2n) is 3.33. The Labute approximate surface area is 96.2 Å². The molecule has 0 heterocycles. The SMILES string of the molecule is Cc1cc(C(=O)NCC(=O)O)ccc1[N+](=O)[O-]. The van der Waals surface area contributed by atoms with Gasteiger partial charge in [-0.05, 0) is 19.1 Å². The summed E-state index contributed by atoms with van der Waals surface area (Å²) < 4.78 is 0. The summed E-state index contributed by atoms with van der Waals surface area (Å²) in [7, 11) is 0. The van der Waals surface area contributed by atoms with Gasteiger partial charge in [-0.2, -0.15) is 0 Å². The van der Waals surface area contributed by atoms with Crippen LogP contribution in [0.15, 0.2) is 18.2 Å². The molecule has 0 bridgehead atoms. The molecule has 0 fully saturated rings. The molecule has 1 aromatic rings. The van der Waals surface area contributed by atoms with E-state index in [-0.39, 0.29) is 11.3 Å². The number of carboxylic acid groups (broad SMARTS) is 1. The minimum Gasteiger partial charge on any atom is -0.480 e. The molecule has 0 aromatic heterocycles. The fraction of sp³-hybridized carbons (Fsp3) is 0.200. The van der Waals surface area contributed by atoms with Gasteiger partial charge in [-0.1, -0.05) is 0 Å². The molecule has 0 atom stereocenters. The fourth-order valence-electron chi connectivity index (χ4n) is 1.26. The number of hydrogen-bond donors (Lipinski definition) is 2. The number of carbonyl (C=O) groups excluding carboxylic acids is 1. The molecule has 0 saturated carbocycles. The van der Waals surface area contributed by atoms with E-state index < -0.39 is 23.3 Å². The van der Waals surface area contributed by atoms with Crippen molar-refractivity contribution in [1.29, 1.82) is 0 Å². The van der Waals surface area contributed by atoms with Crippen molar-refractivity contribution in [2.24, 2.45) is 0 Å². The van der Waals surface area contributed by atoms with Crippen LogP contribution in [0.4, 0.5) is 5.69 Å². The summed E-state index contributed by atoms with van der Waals surface area (Å²) in [5.74, 6) is -1.73. The molecule has 17 heavy (non-hydrogen) atoms. The van der Waals surface area contributed by atoms with Gasteiger partial charge in [-0.25, -0.2) is 0 Å². The van der Waals surface area contributed by atoms with Crippen LogP contribution >= 0.6 is 0 Å². The first kappa shape index (κ1) is 12.6. The molecule has 2 N–H and O–H groups in total. The lowest BCUT2D eigenvalue weighted by Gasteiger charge is -2.03. The van der Waals surface area contributed by atoms with Crippen molar-refractivity contribution in [3.8, 4) is 0 Å². The lowest BCUT2D eigenvalue weighted by molar-refractivity contribution is -0.385. The Bertz CT molecular complexity index is 484. The third-order valence-electron chi connectivity index (χ3n) is 2.06. The van der Waals surface area contributed by atoms with Crippen LogP contribution < -0.4 is 5.32 Å². The van der Waals surface area contributed by atoms with E-state index in [0.717, 1.165) is 0 Å². The van der Waals surface area contributed by atoms with E-state index in [1.165, 1.54) is 25.1 Å². The van der Waals surface area contributed by atoms with E-state index in [2.05, 4.69) is 5.32 Å². The Kier molecular flexibility index (Phi) is 3.76. The Balaban J connectivity index is 2.86. The Morgan fingerprint density at radius 1 is 1.47 bits per heavy atom. The number of aliphatic carboxylic acids is 1. The van der Waals surface area contributed by atoms with Gasteiger partial charge in [-0.15, -0.1) is 0 Å². The van der Waals surface area contributed by atoms with E-state index in [1.807, 2.05) is 0 Å². The zero-order chi connectivity index (χ0) is 13.0. The van der Waals surface area contributed by atoms with Crippen molar-refractivity contribution in [1.82, 2.24) is 5.32 Å². The van der Waals surface area contributed by atoms with Crippen molar-refractivity contribution in [2.75, 3.05) is 6.54 Å². The highest BCUT2D eigenvalue weighted by Crippen LogP contribution is 2.18. The van der Waals surface area contributed by atoms with Gasteiger partial charge in [0.25, 0.3) is 11.6 Å². The van der Waals surface area contributed by atoms with Crippen LogP contribution in [-0.2, 0) is 4.79 Å². The predicted octanol–water partition coefficient (Wildman–Crippen LogP) is 0.718. The molecule has 0 aliphatic heterocycles. The van der Waals surface area contributed by atoms with Crippen molar-refractivity contribution >= 4 is 17.6 Å². The standard InChI is InChI=1S/C10H10N2O5/c1-6-4-7(2-3-8(6)12(16)17)10(15)11-5-9(13)14/h2-4H,5H2,1H3,(H,11,15)(H,13,14). The maximum atomic E-state index is 11.4. The number of aryl methyl sites for hydroxylation is 1. The van der Waals surface area contributed by atoms with E-state index in [4.69, 9.17) is 5.11 Å². The molecule has 1 amide bonds. The third kappa shape index (κ3) is 3.26. The van der Waals surface area contributed by atoms with Crippen molar-refractivity contribution < 1.29 is 19.6 Å². The van der Waals surface area contributed by atoms with Crippen LogP contribution in [0.1, 0.15) is 15.9 Å². The number of amides is 1. The van der Waals surface area contributed by atoms with Gasteiger partial charge in [0.05, 0.1) is 4.92 Å². The number of carboxylic acids is 1. The minimum absolute atomic E-state index is 0.0835. The lowest BCUT2D eigenvalue weighted by atomic mass is 10.1. The topological polar surface area (TPSA) is 110 Å². The van der Waals surface area contributed by atoms with Crippen LogP contribution in [0.25, 0.3) is 0 Å². The molecule has 0 aliphatic carbocycles. The number of carbonyl (C=O) groups is 2. The Morgan fingerprint density at radius 3 is 2.59 bits per heavy atom. The Hall–Kier alpha value is -2.44. The number of rotatable bonds is 4. The summed E-state index contributed by atoms with van der Waals surface area (Å²) in [6, 6.07) is 3.84. The van der Waals surface area contributed by atoms with E-state index in [9.17, 15) is 19.7 Å². The van der Waals surface area contributed by atoms with Crippen molar-refractivity contribution in [2.45, 2.75) is 6.92 Å². The predicted molar refractivity (Wildman–Crippen MR) is 57.8 cm³/mol. The van der Waals surface area contributed by atoms with Gasteiger partial charge < -0.3 is 10.4 Å².